The third kappa shape index (κ3) is 1.66. The van der Waals surface area contributed by atoms with Gasteiger partial charge < -0.3 is 9.84 Å². The van der Waals surface area contributed by atoms with E-state index in [1.54, 1.807) is 0 Å². The Hall–Kier alpha value is -1.06. The summed E-state index contributed by atoms with van der Waals surface area (Å²) in [6.07, 6.45) is 5.12. The average molecular weight is 179 g/mol. The number of hydrogen-bond donors (Lipinski definition) is 1. The van der Waals surface area contributed by atoms with E-state index in [4.69, 9.17) is 4.52 Å². The maximum atomic E-state index is 5.12. The lowest BCUT2D eigenvalue weighted by Gasteiger charge is -1.95. The van der Waals surface area contributed by atoms with Gasteiger partial charge in [-0.3, -0.25) is 0 Å². The summed E-state index contributed by atoms with van der Waals surface area (Å²) in [6.45, 7) is 1.00. The van der Waals surface area contributed by atoms with Crippen LogP contribution in [0.2, 0.25) is 0 Å². The molecule has 2 aliphatic rings. The van der Waals surface area contributed by atoms with E-state index in [0.717, 1.165) is 18.4 Å². The van der Waals surface area contributed by atoms with Crippen LogP contribution in [0.5, 0.6) is 0 Å². The van der Waals surface area contributed by atoms with E-state index < -0.39 is 0 Å². The van der Waals surface area contributed by atoms with Crippen LogP contribution in [0.1, 0.15) is 37.5 Å². The van der Waals surface area contributed by atoms with Crippen molar-refractivity contribution in [2.24, 2.45) is 5.92 Å². The minimum Gasteiger partial charge on any atom is -0.351 e. The highest BCUT2D eigenvalue weighted by Gasteiger charge is 2.29. The Balaban J connectivity index is 1.59. The van der Waals surface area contributed by atoms with Gasteiger partial charge in [0.1, 0.15) is 0 Å². The maximum absolute atomic E-state index is 5.12. The Labute approximate surface area is 76.7 Å². The molecule has 2 aliphatic carbocycles. The Morgan fingerprint density at radius 2 is 2.15 bits per heavy atom. The fraction of sp³-hybridized carbons (Fsp3) is 0.778. The van der Waals surface area contributed by atoms with Gasteiger partial charge in [0.05, 0.1) is 0 Å². The average Bonchev–Trinajstić information content (AvgIpc) is 3.03. The van der Waals surface area contributed by atoms with Gasteiger partial charge in [0.15, 0.2) is 0 Å². The number of anilines is 1. The van der Waals surface area contributed by atoms with E-state index in [1.807, 2.05) is 0 Å². The van der Waals surface area contributed by atoms with Gasteiger partial charge in [-0.05, 0) is 36.8 Å². The second-order valence-electron chi connectivity index (χ2n) is 4.05. The Morgan fingerprint density at radius 1 is 1.31 bits per heavy atom. The normalized spacial score (nSPS) is 21.8. The van der Waals surface area contributed by atoms with Crippen LogP contribution in [-0.4, -0.2) is 16.7 Å². The fourth-order valence-corrected chi connectivity index (χ4v) is 1.36. The highest BCUT2D eigenvalue weighted by molar-refractivity contribution is 5.23. The zero-order chi connectivity index (χ0) is 8.67. The van der Waals surface area contributed by atoms with Crippen molar-refractivity contribution in [1.29, 1.82) is 0 Å². The molecular formula is C9H13N3O. The summed E-state index contributed by atoms with van der Waals surface area (Å²) in [5.74, 6) is 2.90. The number of aromatic nitrogens is 2. The van der Waals surface area contributed by atoms with Crippen LogP contribution in [-0.2, 0) is 0 Å². The standard InChI is InChI=1S/C9H13N3O/c1-2-6(1)5-10-9-11-8(13-12-9)7-3-4-7/h6-7H,1-5H2,(H,10,12). The van der Waals surface area contributed by atoms with Crippen molar-refractivity contribution in [3.63, 3.8) is 0 Å². The summed E-state index contributed by atoms with van der Waals surface area (Å²) in [5.41, 5.74) is 0. The van der Waals surface area contributed by atoms with E-state index in [0.29, 0.717) is 11.9 Å². The Kier molecular flexibility index (Phi) is 1.54. The van der Waals surface area contributed by atoms with Crippen molar-refractivity contribution >= 4 is 5.95 Å². The van der Waals surface area contributed by atoms with Crippen molar-refractivity contribution in [2.75, 3.05) is 11.9 Å². The van der Waals surface area contributed by atoms with Crippen molar-refractivity contribution in [2.45, 2.75) is 31.6 Å². The molecule has 0 radical (unpaired) electrons. The lowest BCUT2D eigenvalue weighted by molar-refractivity contribution is 0.380. The number of rotatable bonds is 4. The van der Waals surface area contributed by atoms with E-state index in [1.165, 1.54) is 25.7 Å². The van der Waals surface area contributed by atoms with Gasteiger partial charge in [0.25, 0.3) is 5.95 Å². The molecule has 70 valence electrons. The predicted molar refractivity (Wildman–Crippen MR) is 47.5 cm³/mol. The molecule has 0 amide bonds. The molecule has 1 aromatic heterocycles. The molecule has 1 aromatic rings. The molecule has 0 atom stereocenters. The molecule has 0 bridgehead atoms. The summed E-state index contributed by atoms with van der Waals surface area (Å²) in [6, 6.07) is 0. The fourth-order valence-electron chi connectivity index (χ4n) is 1.36. The molecule has 4 heteroatoms. The van der Waals surface area contributed by atoms with Gasteiger partial charge in [0, 0.05) is 12.5 Å². The SMILES string of the molecule is C1CC1CNc1noc(C2CC2)n1. The van der Waals surface area contributed by atoms with Crippen LogP contribution >= 0.6 is 0 Å². The Morgan fingerprint density at radius 3 is 2.85 bits per heavy atom. The third-order valence-electron chi connectivity index (χ3n) is 2.61. The second-order valence-corrected chi connectivity index (χ2v) is 4.05. The van der Waals surface area contributed by atoms with Gasteiger partial charge in [-0.15, -0.1) is 0 Å². The molecule has 1 heterocycles. The topological polar surface area (TPSA) is 51.0 Å². The van der Waals surface area contributed by atoms with Crippen LogP contribution in [0.15, 0.2) is 4.52 Å². The molecule has 0 aromatic carbocycles. The quantitative estimate of drug-likeness (QED) is 0.765. The van der Waals surface area contributed by atoms with Crippen molar-refractivity contribution in [1.82, 2.24) is 10.1 Å². The van der Waals surface area contributed by atoms with Crippen LogP contribution in [0.3, 0.4) is 0 Å². The van der Waals surface area contributed by atoms with Crippen LogP contribution in [0.4, 0.5) is 5.95 Å². The third-order valence-corrected chi connectivity index (χ3v) is 2.61. The van der Waals surface area contributed by atoms with Gasteiger partial charge in [-0.25, -0.2) is 0 Å². The summed E-state index contributed by atoms with van der Waals surface area (Å²) < 4.78 is 5.12. The Bertz CT molecular complexity index is 302. The monoisotopic (exact) mass is 179 g/mol. The number of nitrogens with one attached hydrogen (secondary N) is 1. The molecule has 0 aliphatic heterocycles. The molecule has 0 saturated heterocycles. The summed E-state index contributed by atoms with van der Waals surface area (Å²) in [5, 5.41) is 7.07. The highest BCUT2D eigenvalue weighted by atomic mass is 16.5. The lowest BCUT2D eigenvalue weighted by Crippen LogP contribution is -2.04. The van der Waals surface area contributed by atoms with Gasteiger partial charge in [-0.2, -0.15) is 4.98 Å². The molecule has 4 nitrogen and oxygen atoms in total. The maximum Gasteiger partial charge on any atom is 0.263 e. The van der Waals surface area contributed by atoms with Gasteiger partial charge >= 0.3 is 0 Å². The van der Waals surface area contributed by atoms with E-state index in [-0.39, 0.29) is 0 Å². The molecule has 0 unspecified atom stereocenters. The first kappa shape index (κ1) is 7.35. The van der Waals surface area contributed by atoms with E-state index in [2.05, 4.69) is 15.5 Å². The smallest absolute Gasteiger partial charge is 0.263 e. The molecule has 1 N–H and O–H groups in total. The number of nitrogens with zero attached hydrogens (tertiary/aromatic N) is 2. The van der Waals surface area contributed by atoms with Crippen molar-refractivity contribution in [3.8, 4) is 0 Å². The van der Waals surface area contributed by atoms with Crippen molar-refractivity contribution < 1.29 is 4.52 Å². The van der Waals surface area contributed by atoms with E-state index in [9.17, 15) is 0 Å². The zero-order valence-electron chi connectivity index (χ0n) is 7.49. The summed E-state index contributed by atoms with van der Waals surface area (Å²) in [4.78, 5) is 4.28. The first-order valence-corrected chi connectivity index (χ1v) is 4.99. The predicted octanol–water partition coefficient (Wildman–Crippen LogP) is 1.77. The molecular weight excluding hydrogens is 166 g/mol. The first-order chi connectivity index (χ1) is 6.42. The molecule has 2 fully saturated rings. The van der Waals surface area contributed by atoms with Crippen molar-refractivity contribution in [3.05, 3.63) is 5.89 Å². The first-order valence-electron chi connectivity index (χ1n) is 4.99. The zero-order valence-corrected chi connectivity index (χ0v) is 7.49. The van der Waals surface area contributed by atoms with Gasteiger partial charge in [-0.1, -0.05) is 0 Å². The second kappa shape index (κ2) is 2.72. The lowest BCUT2D eigenvalue weighted by atomic mass is 10.4. The summed E-state index contributed by atoms with van der Waals surface area (Å²) in [7, 11) is 0. The molecule has 13 heavy (non-hydrogen) atoms. The molecule has 2 saturated carbocycles. The largest absolute Gasteiger partial charge is 0.351 e. The highest BCUT2D eigenvalue weighted by Crippen LogP contribution is 2.39. The van der Waals surface area contributed by atoms with Crippen LogP contribution < -0.4 is 5.32 Å². The minimum atomic E-state index is 0.559. The number of hydrogen-bond acceptors (Lipinski definition) is 4. The van der Waals surface area contributed by atoms with Crippen LogP contribution in [0.25, 0.3) is 0 Å². The van der Waals surface area contributed by atoms with Gasteiger partial charge in [0.2, 0.25) is 5.89 Å². The molecule has 3 rings (SSSR count). The molecule has 0 spiro atoms. The minimum absolute atomic E-state index is 0.559. The summed E-state index contributed by atoms with van der Waals surface area (Å²) >= 11 is 0. The van der Waals surface area contributed by atoms with Crippen LogP contribution in [0, 0.1) is 5.92 Å². The van der Waals surface area contributed by atoms with E-state index >= 15 is 0 Å².